The van der Waals surface area contributed by atoms with E-state index in [1.54, 1.807) is 18.2 Å². The van der Waals surface area contributed by atoms with Crippen LogP contribution in [0.5, 0.6) is 5.75 Å². The number of aryl methyl sites for hydroxylation is 1. The fourth-order valence-electron chi connectivity index (χ4n) is 2.63. The summed E-state index contributed by atoms with van der Waals surface area (Å²) in [5, 5.41) is 5.41. The lowest BCUT2D eigenvalue weighted by Crippen LogP contribution is -2.15. The second kappa shape index (κ2) is 8.54. The molecule has 0 aliphatic heterocycles. The predicted molar refractivity (Wildman–Crippen MR) is 97.5 cm³/mol. The molecule has 24 heavy (non-hydrogen) atoms. The lowest BCUT2D eigenvalue weighted by atomic mass is 10.1. The van der Waals surface area contributed by atoms with Crippen molar-refractivity contribution in [3.63, 3.8) is 0 Å². The molecule has 0 fully saturated rings. The number of carbonyl (C=O) groups excluding carboxylic acids is 1. The smallest absolute Gasteiger partial charge is 0.247 e. The highest BCUT2D eigenvalue weighted by Crippen LogP contribution is 2.27. The molecule has 0 aliphatic carbocycles. The number of hydrogen-bond donors (Lipinski definition) is 0. The fourth-order valence-corrected chi connectivity index (χ4v) is 3.10. The molecule has 0 spiro atoms. The summed E-state index contributed by atoms with van der Waals surface area (Å²) in [6.45, 7) is 6.44. The van der Waals surface area contributed by atoms with Crippen molar-refractivity contribution in [1.29, 1.82) is 0 Å². The zero-order chi connectivity index (χ0) is 17.7. The van der Waals surface area contributed by atoms with Gasteiger partial charge in [-0.3, -0.25) is 4.79 Å². The van der Waals surface area contributed by atoms with Gasteiger partial charge in [0.15, 0.2) is 0 Å². The lowest BCUT2D eigenvalue weighted by Gasteiger charge is -2.08. The molecule has 0 unspecified atom stereocenters. The van der Waals surface area contributed by atoms with E-state index in [-0.39, 0.29) is 5.91 Å². The topological polar surface area (TPSA) is 44.1 Å². The molecule has 6 heteroatoms. The van der Waals surface area contributed by atoms with Crippen LogP contribution in [0.25, 0.3) is 0 Å². The van der Waals surface area contributed by atoms with Crippen LogP contribution in [-0.2, 0) is 6.42 Å². The maximum atomic E-state index is 12.4. The highest BCUT2D eigenvalue weighted by atomic mass is 35.5. The first-order chi connectivity index (χ1) is 11.4. The van der Waals surface area contributed by atoms with Crippen molar-refractivity contribution in [1.82, 2.24) is 9.78 Å². The van der Waals surface area contributed by atoms with Crippen LogP contribution in [0.4, 0.5) is 0 Å². The molecule has 0 bridgehead atoms. The molecule has 4 nitrogen and oxygen atoms in total. The summed E-state index contributed by atoms with van der Waals surface area (Å²) in [4.78, 5) is 12.4. The van der Waals surface area contributed by atoms with E-state index in [9.17, 15) is 4.79 Å². The highest BCUT2D eigenvalue weighted by Gasteiger charge is 2.15. The molecule has 0 aliphatic rings. The number of ether oxygens (including phenoxy) is 1. The van der Waals surface area contributed by atoms with Crippen molar-refractivity contribution in [3.05, 3.63) is 45.2 Å². The Bertz CT molecular complexity index is 726. The predicted octanol–water partition coefficient (Wildman–Crippen LogP) is 5.26. The van der Waals surface area contributed by atoms with E-state index in [1.807, 2.05) is 13.8 Å². The molecule has 0 radical (unpaired) electrons. The molecule has 0 saturated carbocycles. The van der Waals surface area contributed by atoms with Gasteiger partial charge in [0.25, 0.3) is 0 Å². The van der Waals surface area contributed by atoms with E-state index in [0.717, 1.165) is 24.2 Å². The minimum Gasteiger partial charge on any atom is -0.492 e. The van der Waals surface area contributed by atoms with Crippen LogP contribution in [0, 0.1) is 13.8 Å². The van der Waals surface area contributed by atoms with Gasteiger partial charge in [-0.1, -0.05) is 36.5 Å². The van der Waals surface area contributed by atoms with Crippen molar-refractivity contribution >= 4 is 29.1 Å². The second-order valence-corrected chi connectivity index (χ2v) is 6.58. The summed E-state index contributed by atoms with van der Waals surface area (Å²) < 4.78 is 7.13. The Hall–Kier alpha value is -1.52. The Morgan fingerprint density at radius 2 is 2.04 bits per heavy atom. The third kappa shape index (κ3) is 4.52. The first kappa shape index (κ1) is 18.8. The van der Waals surface area contributed by atoms with Crippen molar-refractivity contribution in [3.8, 4) is 5.75 Å². The highest BCUT2D eigenvalue weighted by molar-refractivity contribution is 6.35. The maximum Gasteiger partial charge on any atom is 0.247 e. The average Bonchev–Trinajstić information content (AvgIpc) is 2.81. The molecule has 0 atom stereocenters. The summed E-state index contributed by atoms with van der Waals surface area (Å²) in [7, 11) is 0. The molecular weight excluding hydrogens is 347 g/mol. The summed E-state index contributed by atoms with van der Waals surface area (Å²) in [5.74, 6) is 0.564. The summed E-state index contributed by atoms with van der Waals surface area (Å²) in [5.41, 5.74) is 3.06. The Morgan fingerprint density at radius 1 is 1.29 bits per heavy atom. The summed E-state index contributed by atoms with van der Waals surface area (Å²) >= 11 is 11.9. The van der Waals surface area contributed by atoms with E-state index < -0.39 is 0 Å². The van der Waals surface area contributed by atoms with Gasteiger partial charge < -0.3 is 4.74 Å². The summed E-state index contributed by atoms with van der Waals surface area (Å²) in [6, 6.07) is 5.08. The van der Waals surface area contributed by atoms with Crippen LogP contribution in [0.3, 0.4) is 0 Å². The molecule has 2 aromatic rings. The van der Waals surface area contributed by atoms with Crippen molar-refractivity contribution in [2.75, 3.05) is 6.61 Å². The van der Waals surface area contributed by atoms with E-state index in [2.05, 4.69) is 12.0 Å². The fraction of sp³-hybridized carbons (Fsp3) is 0.444. The van der Waals surface area contributed by atoms with Gasteiger partial charge in [-0.15, -0.1) is 0 Å². The number of aromatic nitrogens is 2. The van der Waals surface area contributed by atoms with Crippen LogP contribution < -0.4 is 4.74 Å². The standard InChI is InChI=1S/C18H22Cl2N2O2/c1-4-6-15-12(2)21-22(13(15)3)18(23)7-5-10-24-17-9-8-14(19)11-16(17)20/h8-9,11H,4-7,10H2,1-3H3. The van der Waals surface area contributed by atoms with Crippen LogP contribution in [-0.4, -0.2) is 22.3 Å². The monoisotopic (exact) mass is 368 g/mol. The summed E-state index contributed by atoms with van der Waals surface area (Å²) in [6.07, 6.45) is 2.96. The molecule has 1 aromatic carbocycles. The average molecular weight is 369 g/mol. The minimum atomic E-state index is -0.0104. The number of halogens is 2. The van der Waals surface area contributed by atoms with Crippen molar-refractivity contribution < 1.29 is 9.53 Å². The Labute approximate surface area is 152 Å². The van der Waals surface area contributed by atoms with E-state index >= 15 is 0 Å². The van der Waals surface area contributed by atoms with Gasteiger partial charge in [-0.2, -0.15) is 5.10 Å². The molecule has 0 N–H and O–H groups in total. The van der Waals surface area contributed by atoms with E-state index in [1.165, 1.54) is 10.2 Å². The largest absolute Gasteiger partial charge is 0.492 e. The molecule has 1 heterocycles. The quantitative estimate of drug-likeness (QED) is 0.626. The van der Waals surface area contributed by atoms with Gasteiger partial charge in [0.2, 0.25) is 5.91 Å². The first-order valence-electron chi connectivity index (χ1n) is 8.10. The van der Waals surface area contributed by atoms with Crippen LogP contribution in [0.15, 0.2) is 18.2 Å². The Balaban J connectivity index is 1.88. The third-order valence-electron chi connectivity index (χ3n) is 3.86. The number of carbonyl (C=O) groups is 1. The zero-order valence-corrected chi connectivity index (χ0v) is 15.7. The number of nitrogens with zero attached hydrogens (tertiary/aromatic N) is 2. The second-order valence-electron chi connectivity index (χ2n) is 5.73. The van der Waals surface area contributed by atoms with Crippen molar-refractivity contribution in [2.45, 2.75) is 46.5 Å². The molecular formula is C18H22Cl2N2O2. The number of rotatable bonds is 7. The van der Waals surface area contributed by atoms with E-state index in [4.69, 9.17) is 27.9 Å². The van der Waals surface area contributed by atoms with Gasteiger partial charge in [-0.25, -0.2) is 4.68 Å². The lowest BCUT2D eigenvalue weighted by molar-refractivity contribution is 0.0874. The van der Waals surface area contributed by atoms with Gasteiger partial charge in [0, 0.05) is 17.1 Å². The van der Waals surface area contributed by atoms with Gasteiger partial charge in [0.05, 0.1) is 17.3 Å². The molecule has 0 saturated heterocycles. The SMILES string of the molecule is CCCc1c(C)nn(C(=O)CCCOc2ccc(Cl)cc2Cl)c1C. The van der Waals surface area contributed by atoms with Crippen LogP contribution in [0.1, 0.15) is 47.9 Å². The van der Waals surface area contributed by atoms with Gasteiger partial charge in [-0.05, 0) is 50.5 Å². The molecule has 2 rings (SSSR count). The Kier molecular flexibility index (Phi) is 6.69. The maximum absolute atomic E-state index is 12.4. The molecule has 130 valence electrons. The Morgan fingerprint density at radius 3 is 2.71 bits per heavy atom. The number of benzene rings is 1. The first-order valence-corrected chi connectivity index (χ1v) is 8.85. The normalized spacial score (nSPS) is 10.9. The van der Waals surface area contributed by atoms with Crippen LogP contribution >= 0.6 is 23.2 Å². The van der Waals surface area contributed by atoms with E-state index in [0.29, 0.717) is 35.2 Å². The zero-order valence-electron chi connectivity index (χ0n) is 14.2. The van der Waals surface area contributed by atoms with Gasteiger partial charge in [0.1, 0.15) is 5.75 Å². The minimum absolute atomic E-state index is 0.0104. The van der Waals surface area contributed by atoms with Crippen LogP contribution in [0.2, 0.25) is 10.0 Å². The number of hydrogen-bond acceptors (Lipinski definition) is 3. The van der Waals surface area contributed by atoms with Crippen molar-refractivity contribution in [2.24, 2.45) is 0 Å². The molecule has 0 amide bonds. The van der Waals surface area contributed by atoms with Gasteiger partial charge >= 0.3 is 0 Å². The third-order valence-corrected chi connectivity index (χ3v) is 4.39. The molecule has 1 aromatic heterocycles.